The van der Waals surface area contributed by atoms with Crippen LogP contribution in [0.1, 0.15) is 45.2 Å². The number of rotatable bonds is 2. The molecule has 2 heteroatoms. The lowest BCUT2D eigenvalue weighted by Crippen LogP contribution is -2.27. The fourth-order valence-corrected chi connectivity index (χ4v) is 2.54. The van der Waals surface area contributed by atoms with Crippen molar-refractivity contribution in [3.05, 3.63) is 29.6 Å². The Labute approximate surface area is 111 Å². The standard InChI is InChI=1S/C16H25NO/c1-12-11-18-6-5-14(12)7-13-8-15(10-17-9-13)16(2,3)4/h8-10,12,14H,5-7,11H2,1-4H3/t12-,14?/m1/s1. The van der Waals surface area contributed by atoms with E-state index in [1.165, 1.54) is 17.5 Å². The molecular weight excluding hydrogens is 222 g/mol. The third-order valence-electron chi connectivity index (χ3n) is 3.98. The minimum absolute atomic E-state index is 0.185. The topological polar surface area (TPSA) is 22.1 Å². The summed E-state index contributed by atoms with van der Waals surface area (Å²) >= 11 is 0. The van der Waals surface area contributed by atoms with Crippen LogP contribution in [-0.2, 0) is 16.6 Å². The van der Waals surface area contributed by atoms with E-state index in [-0.39, 0.29) is 5.41 Å². The first-order valence-corrected chi connectivity index (χ1v) is 6.99. The van der Waals surface area contributed by atoms with Crippen molar-refractivity contribution in [3.8, 4) is 0 Å². The van der Waals surface area contributed by atoms with E-state index in [1.807, 2.05) is 12.4 Å². The fourth-order valence-electron chi connectivity index (χ4n) is 2.54. The van der Waals surface area contributed by atoms with Crippen molar-refractivity contribution in [1.29, 1.82) is 0 Å². The van der Waals surface area contributed by atoms with Gasteiger partial charge in [-0.15, -0.1) is 0 Å². The Balaban J connectivity index is 2.09. The van der Waals surface area contributed by atoms with Gasteiger partial charge < -0.3 is 4.74 Å². The number of hydrogen-bond donors (Lipinski definition) is 0. The Bertz CT molecular complexity index is 394. The van der Waals surface area contributed by atoms with Crippen LogP contribution in [0.25, 0.3) is 0 Å². The van der Waals surface area contributed by atoms with Crippen LogP contribution in [0.3, 0.4) is 0 Å². The van der Waals surface area contributed by atoms with Gasteiger partial charge in [0.1, 0.15) is 0 Å². The molecule has 0 bridgehead atoms. The Morgan fingerprint density at radius 2 is 2.11 bits per heavy atom. The largest absolute Gasteiger partial charge is 0.381 e. The normalized spacial score (nSPS) is 25.1. The Kier molecular flexibility index (Phi) is 4.06. The summed E-state index contributed by atoms with van der Waals surface area (Å²) in [4.78, 5) is 4.41. The zero-order valence-corrected chi connectivity index (χ0v) is 12.1. The Morgan fingerprint density at radius 1 is 1.33 bits per heavy atom. The molecule has 2 atom stereocenters. The molecule has 1 fully saturated rings. The molecule has 0 spiro atoms. The van der Waals surface area contributed by atoms with Crippen molar-refractivity contribution in [2.24, 2.45) is 11.8 Å². The van der Waals surface area contributed by atoms with E-state index < -0.39 is 0 Å². The van der Waals surface area contributed by atoms with Gasteiger partial charge in [0.05, 0.1) is 0 Å². The highest BCUT2D eigenvalue weighted by atomic mass is 16.5. The van der Waals surface area contributed by atoms with E-state index in [0.717, 1.165) is 25.6 Å². The van der Waals surface area contributed by atoms with Gasteiger partial charge in [-0.3, -0.25) is 4.98 Å². The predicted molar refractivity (Wildman–Crippen MR) is 74.7 cm³/mol. The summed E-state index contributed by atoms with van der Waals surface area (Å²) in [5, 5.41) is 0. The minimum atomic E-state index is 0.185. The van der Waals surface area contributed by atoms with Gasteiger partial charge in [0.15, 0.2) is 0 Å². The lowest BCUT2D eigenvalue weighted by Gasteiger charge is -2.29. The first kappa shape index (κ1) is 13.5. The van der Waals surface area contributed by atoms with Gasteiger partial charge in [-0.25, -0.2) is 0 Å². The lowest BCUT2D eigenvalue weighted by atomic mass is 9.83. The van der Waals surface area contributed by atoms with E-state index in [1.54, 1.807) is 0 Å². The molecular formula is C16H25NO. The van der Waals surface area contributed by atoms with Gasteiger partial charge in [0.2, 0.25) is 0 Å². The second kappa shape index (κ2) is 5.40. The van der Waals surface area contributed by atoms with Crippen molar-refractivity contribution in [1.82, 2.24) is 4.98 Å². The molecule has 0 aromatic carbocycles. The van der Waals surface area contributed by atoms with Crippen molar-refractivity contribution in [2.45, 2.75) is 46.0 Å². The van der Waals surface area contributed by atoms with Gasteiger partial charge in [0.25, 0.3) is 0 Å². The van der Waals surface area contributed by atoms with E-state index in [2.05, 4.69) is 38.7 Å². The van der Waals surface area contributed by atoms with Gasteiger partial charge >= 0.3 is 0 Å². The van der Waals surface area contributed by atoms with Crippen molar-refractivity contribution in [3.63, 3.8) is 0 Å². The Morgan fingerprint density at radius 3 is 2.78 bits per heavy atom. The SMILES string of the molecule is C[C@@H]1COCCC1Cc1cncc(C(C)(C)C)c1. The van der Waals surface area contributed by atoms with Gasteiger partial charge in [0, 0.05) is 25.6 Å². The second-order valence-electron chi connectivity index (χ2n) is 6.64. The third-order valence-corrected chi connectivity index (χ3v) is 3.98. The summed E-state index contributed by atoms with van der Waals surface area (Å²) < 4.78 is 5.51. The Hall–Kier alpha value is -0.890. The average molecular weight is 247 g/mol. The monoisotopic (exact) mass is 247 g/mol. The zero-order valence-electron chi connectivity index (χ0n) is 12.1. The maximum atomic E-state index is 5.51. The molecule has 0 aliphatic carbocycles. The van der Waals surface area contributed by atoms with Crippen LogP contribution in [0.2, 0.25) is 0 Å². The van der Waals surface area contributed by atoms with E-state index in [0.29, 0.717) is 5.92 Å². The van der Waals surface area contributed by atoms with Crippen LogP contribution in [0.5, 0.6) is 0 Å². The number of nitrogens with zero attached hydrogens (tertiary/aromatic N) is 1. The van der Waals surface area contributed by atoms with E-state index in [4.69, 9.17) is 4.74 Å². The first-order chi connectivity index (χ1) is 8.47. The number of aromatic nitrogens is 1. The quantitative estimate of drug-likeness (QED) is 0.796. The summed E-state index contributed by atoms with van der Waals surface area (Å²) in [5.74, 6) is 1.41. The van der Waals surface area contributed by atoms with E-state index >= 15 is 0 Å². The van der Waals surface area contributed by atoms with Gasteiger partial charge in [-0.2, -0.15) is 0 Å². The lowest BCUT2D eigenvalue weighted by molar-refractivity contribution is 0.0244. The summed E-state index contributed by atoms with van der Waals surface area (Å²) in [5.41, 5.74) is 2.89. The number of hydrogen-bond acceptors (Lipinski definition) is 2. The third kappa shape index (κ3) is 3.32. The van der Waals surface area contributed by atoms with Crippen LogP contribution < -0.4 is 0 Å². The molecule has 0 saturated carbocycles. The molecule has 1 saturated heterocycles. The molecule has 1 aliphatic rings. The van der Waals surface area contributed by atoms with Crippen LogP contribution in [0.15, 0.2) is 18.5 Å². The average Bonchev–Trinajstić information content (AvgIpc) is 2.31. The summed E-state index contributed by atoms with van der Waals surface area (Å²) in [6.45, 7) is 10.9. The maximum Gasteiger partial charge on any atom is 0.0494 e. The molecule has 100 valence electrons. The molecule has 2 heterocycles. The molecule has 0 radical (unpaired) electrons. The fraction of sp³-hybridized carbons (Fsp3) is 0.688. The van der Waals surface area contributed by atoms with Crippen LogP contribution in [-0.4, -0.2) is 18.2 Å². The van der Waals surface area contributed by atoms with Crippen molar-refractivity contribution >= 4 is 0 Å². The molecule has 1 unspecified atom stereocenters. The van der Waals surface area contributed by atoms with Crippen LogP contribution in [0.4, 0.5) is 0 Å². The molecule has 2 rings (SSSR count). The molecule has 0 amide bonds. The number of ether oxygens (including phenoxy) is 1. The smallest absolute Gasteiger partial charge is 0.0494 e. The van der Waals surface area contributed by atoms with Crippen molar-refractivity contribution in [2.75, 3.05) is 13.2 Å². The predicted octanol–water partition coefficient (Wildman–Crippen LogP) is 3.59. The molecule has 1 aliphatic heterocycles. The molecule has 1 aromatic heterocycles. The number of pyridine rings is 1. The highest BCUT2D eigenvalue weighted by molar-refractivity contribution is 5.24. The molecule has 18 heavy (non-hydrogen) atoms. The first-order valence-electron chi connectivity index (χ1n) is 6.99. The highest BCUT2D eigenvalue weighted by Crippen LogP contribution is 2.27. The minimum Gasteiger partial charge on any atom is -0.381 e. The zero-order chi connectivity index (χ0) is 13.2. The molecule has 1 aromatic rings. The summed E-state index contributed by atoms with van der Waals surface area (Å²) in [6, 6.07) is 2.33. The highest BCUT2D eigenvalue weighted by Gasteiger charge is 2.23. The summed E-state index contributed by atoms with van der Waals surface area (Å²) in [7, 11) is 0. The van der Waals surface area contributed by atoms with Gasteiger partial charge in [-0.1, -0.05) is 33.8 Å². The van der Waals surface area contributed by atoms with Crippen LogP contribution in [0, 0.1) is 11.8 Å². The van der Waals surface area contributed by atoms with Crippen LogP contribution >= 0.6 is 0 Å². The van der Waals surface area contributed by atoms with Crippen molar-refractivity contribution < 1.29 is 4.74 Å². The molecule has 2 nitrogen and oxygen atoms in total. The maximum absolute atomic E-state index is 5.51. The van der Waals surface area contributed by atoms with E-state index in [9.17, 15) is 0 Å². The second-order valence-corrected chi connectivity index (χ2v) is 6.64. The van der Waals surface area contributed by atoms with Gasteiger partial charge in [-0.05, 0) is 41.2 Å². The summed E-state index contributed by atoms with van der Waals surface area (Å²) in [6.07, 6.45) is 6.34. The molecule has 0 N–H and O–H groups in total.